The third kappa shape index (κ3) is 4.05. The molecule has 2 rings (SSSR count). The van der Waals surface area contributed by atoms with Crippen LogP contribution in [0.15, 0.2) is 24.3 Å². The van der Waals surface area contributed by atoms with E-state index in [9.17, 15) is 0 Å². The van der Waals surface area contributed by atoms with Crippen LogP contribution >= 0.6 is 0 Å². The van der Waals surface area contributed by atoms with Crippen molar-refractivity contribution < 1.29 is 9.47 Å². The summed E-state index contributed by atoms with van der Waals surface area (Å²) >= 11 is 0. The van der Waals surface area contributed by atoms with E-state index in [1.165, 1.54) is 17.5 Å². The number of hydrogen-bond acceptors (Lipinski definition) is 3. The number of methoxy groups -OCH3 is 1. The van der Waals surface area contributed by atoms with Crippen LogP contribution < -0.4 is 5.73 Å². The standard InChI is InChI=1S/C17H27NO2/c1-12-7-9-14(10-8-12)17(13(2)18)20-16-6-4-5-15(11-16)19-3/h7-10,13,15-17H,4-6,11,18H2,1-3H3. The summed E-state index contributed by atoms with van der Waals surface area (Å²) in [5.74, 6) is 0. The molecule has 0 aliphatic heterocycles. The number of ether oxygens (including phenoxy) is 2. The van der Waals surface area contributed by atoms with E-state index in [0.717, 1.165) is 19.3 Å². The molecule has 0 radical (unpaired) electrons. The van der Waals surface area contributed by atoms with E-state index in [-0.39, 0.29) is 18.2 Å². The quantitative estimate of drug-likeness (QED) is 0.897. The zero-order valence-corrected chi connectivity index (χ0v) is 12.8. The normalized spacial score (nSPS) is 26.2. The molecule has 0 bridgehead atoms. The first kappa shape index (κ1) is 15.5. The molecule has 1 aliphatic rings. The Bertz CT molecular complexity index is 402. The summed E-state index contributed by atoms with van der Waals surface area (Å²) in [6.07, 6.45) is 4.95. The van der Waals surface area contributed by atoms with Crippen LogP contribution in [0.5, 0.6) is 0 Å². The lowest BCUT2D eigenvalue weighted by Crippen LogP contribution is -2.34. The lowest BCUT2D eigenvalue weighted by Gasteiger charge is -2.33. The predicted octanol–water partition coefficient (Wildman–Crippen LogP) is 3.36. The Hall–Kier alpha value is -0.900. The Kier molecular flexibility index (Phi) is 5.58. The molecule has 0 amide bonds. The first-order chi connectivity index (χ1) is 9.60. The fourth-order valence-corrected chi connectivity index (χ4v) is 2.91. The third-order valence-electron chi connectivity index (χ3n) is 4.13. The predicted molar refractivity (Wildman–Crippen MR) is 81.7 cm³/mol. The van der Waals surface area contributed by atoms with Gasteiger partial charge in [-0.2, -0.15) is 0 Å². The minimum absolute atomic E-state index is 0.0133. The minimum Gasteiger partial charge on any atom is -0.381 e. The van der Waals surface area contributed by atoms with Gasteiger partial charge in [0.25, 0.3) is 0 Å². The van der Waals surface area contributed by atoms with Crippen molar-refractivity contribution in [3.63, 3.8) is 0 Å². The molecule has 3 heteroatoms. The molecule has 4 unspecified atom stereocenters. The second-order valence-electron chi connectivity index (χ2n) is 5.97. The lowest BCUT2D eigenvalue weighted by molar-refractivity contribution is -0.0725. The highest BCUT2D eigenvalue weighted by molar-refractivity contribution is 5.24. The smallest absolute Gasteiger partial charge is 0.0976 e. The van der Waals surface area contributed by atoms with Crippen molar-refractivity contribution in [2.45, 2.75) is 63.9 Å². The summed E-state index contributed by atoms with van der Waals surface area (Å²) < 4.78 is 11.8. The molecule has 112 valence electrons. The average Bonchev–Trinajstić information content (AvgIpc) is 2.46. The van der Waals surface area contributed by atoms with Crippen molar-refractivity contribution in [3.8, 4) is 0 Å². The van der Waals surface area contributed by atoms with Gasteiger partial charge < -0.3 is 15.2 Å². The summed E-state index contributed by atoms with van der Waals surface area (Å²) in [5, 5.41) is 0. The summed E-state index contributed by atoms with van der Waals surface area (Å²) in [7, 11) is 1.79. The Morgan fingerprint density at radius 1 is 1.15 bits per heavy atom. The number of hydrogen-bond donors (Lipinski definition) is 1. The third-order valence-corrected chi connectivity index (χ3v) is 4.13. The Labute approximate surface area is 122 Å². The van der Waals surface area contributed by atoms with Gasteiger partial charge in [0, 0.05) is 13.2 Å². The second-order valence-corrected chi connectivity index (χ2v) is 5.97. The van der Waals surface area contributed by atoms with E-state index >= 15 is 0 Å². The fraction of sp³-hybridized carbons (Fsp3) is 0.647. The highest BCUT2D eigenvalue weighted by Gasteiger charge is 2.27. The van der Waals surface area contributed by atoms with Crippen molar-refractivity contribution >= 4 is 0 Å². The van der Waals surface area contributed by atoms with Gasteiger partial charge in [-0.05, 0) is 45.1 Å². The second kappa shape index (κ2) is 7.21. The number of aryl methyl sites for hydroxylation is 1. The largest absolute Gasteiger partial charge is 0.381 e. The van der Waals surface area contributed by atoms with Crippen LogP contribution in [0.4, 0.5) is 0 Å². The van der Waals surface area contributed by atoms with Gasteiger partial charge in [0.1, 0.15) is 0 Å². The molecule has 1 aromatic rings. The first-order valence-electron chi connectivity index (χ1n) is 7.60. The zero-order valence-electron chi connectivity index (χ0n) is 12.8. The molecule has 1 aromatic carbocycles. The molecule has 2 N–H and O–H groups in total. The van der Waals surface area contributed by atoms with Crippen molar-refractivity contribution in [1.29, 1.82) is 0 Å². The van der Waals surface area contributed by atoms with E-state index < -0.39 is 0 Å². The molecule has 0 saturated heterocycles. The maximum atomic E-state index is 6.31. The maximum absolute atomic E-state index is 6.31. The van der Waals surface area contributed by atoms with Gasteiger partial charge in [-0.1, -0.05) is 29.8 Å². The number of nitrogens with two attached hydrogens (primary N) is 1. The van der Waals surface area contributed by atoms with Crippen LogP contribution in [0, 0.1) is 6.92 Å². The summed E-state index contributed by atoms with van der Waals surface area (Å²) in [6.45, 7) is 4.11. The van der Waals surface area contributed by atoms with E-state index in [1.807, 2.05) is 6.92 Å². The van der Waals surface area contributed by atoms with Crippen molar-refractivity contribution in [2.24, 2.45) is 5.73 Å². The van der Waals surface area contributed by atoms with E-state index in [0.29, 0.717) is 6.10 Å². The topological polar surface area (TPSA) is 44.5 Å². The van der Waals surface area contributed by atoms with Crippen LogP contribution in [-0.4, -0.2) is 25.4 Å². The summed E-state index contributed by atoms with van der Waals surface area (Å²) in [4.78, 5) is 0. The average molecular weight is 277 g/mol. The Morgan fingerprint density at radius 2 is 1.80 bits per heavy atom. The van der Waals surface area contributed by atoms with Gasteiger partial charge in [-0.25, -0.2) is 0 Å². The molecule has 1 saturated carbocycles. The van der Waals surface area contributed by atoms with Crippen LogP contribution in [0.25, 0.3) is 0 Å². The summed E-state index contributed by atoms with van der Waals surface area (Å²) in [6, 6.07) is 8.47. The minimum atomic E-state index is -0.0313. The highest BCUT2D eigenvalue weighted by atomic mass is 16.5. The van der Waals surface area contributed by atoms with Gasteiger partial charge in [0.05, 0.1) is 18.3 Å². The van der Waals surface area contributed by atoms with Crippen LogP contribution in [0.2, 0.25) is 0 Å². The van der Waals surface area contributed by atoms with Gasteiger partial charge in [0.2, 0.25) is 0 Å². The molecule has 1 fully saturated rings. The van der Waals surface area contributed by atoms with E-state index in [1.54, 1.807) is 7.11 Å². The molecular formula is C17H27NO2. The molecule has 4 atom stereocenters. The maximum Gasteiger partial charge on any atom is 0.0976 e. The molecule has 3 nitrogen and oxygen atoms in total. The first-order valence-corrected chi connectivity index (χ1v) is 7.60. The Balaban J connectivity index is 2.04. The molecule has 1 aliphatic carbocycles. The van der Waals surface area contributed by atoms with Gasteiger partial charge in [-0.3, -0.25) is 0 Å². The van der Waals surface area contributed by atoms with Gasteiger partial charge in [0.15, 0.2) is 0 Å². The molecule has 0 aromatic heterocycles. The SMILES string of the molecule is COC1CCCC(OC(c2ccc(C)cc2)C(C)N)C1. The van der Waals surface area contributed by atoms with Crippen molar-refractivity contribution in [1.82, 2.24) is 0 Å². The van der Waals surface area contributed by atoms with Crippen LogP contribution in [0.3, 0.4) is 0 Å². The highest BCUT2D eigenvalue weighted by Crippen LogP contribution is 2.29. The number of benzene rings is 1. The zero-order chi connectivity index (χ0) is 14.5. The molecule has 20 heavy (non-hydrogen) atoms. The lowest BCUT2D eigenvalue weighted by atomic mass is 9.94. The van der Waals surface area contributed by atoms with Crippen molar-refractivity contribution in [3.05, 3.63) is 35.4 Å². The summed E-state index contributed by atoms with van der Waals surface area (Å²) in [5.41, 5.74) is 8.56. The van der Waals surface area contributed by atoms with Gasteiger partial charge in [-0.15, -0.1) is 0 Å². The van der Waals surface area contributed by atoms with E-state index in [2.05, 4.69) is 31.2 Å². The number of rotatable bonds is 5. The molecule has 0 spiro atoms. The van der Waals surface area contributed by atoms with Crippen molar-refractivity contribution in [2.75, 3.05) is 7.11 Å². The molecule has 0 heterocycles. The van der Waals surface area contributed by atoms with Crippen LogP contribution in [-0.2, 0) is 9.47 Å². The molecular weight excluding hydrogens is 250 g/mol. The van der Waals surface area contributed by atoms with Crippen LogP contribution in [0.1, 0.15) is 49.8 Å². The van der Waals surface area contributed by atoms with E-state index in [4.69, 9.17) is 15.2 Å². The fourth-order valence-electron chi connectivity index (χ4n) is 2.91. The monoisotopic (exact) mass is 277 g/mol. The van der Waals surface area contributed by atoms with Gasteiger partial charge >= 0.3 is 0 Å². The Morgan fingerprint density at radius 3 is 2.40 bits per heavy atom.